The number of carbonyl (C=O) groups excluding carboxylic acids is 2. The average molecular weight is 367 g/mol. The fourth-order valence-corrected chi connectivity index (χ4v) is 3.64. The molecule has 0 radical (unpaired) electrons. The Morgan fingerprint density at radius 1 is 1.27 bits per heavy atom. The molecule has 0 aromatic carbocycles. The van der Waals surface area contributed by atoms with Crippen LogP contribution in [-0.4, -0.2) is 31.8 Å². The number of hydrogen-bond acceptors (Lipinski definition) is 7. The van der Waals surface area contributed by atoms with Crippen LogP contribution in [0.5, 0.6) is 0 Å². The summed E-state index contributed by atoms with van der Waals surface area (Å²) in [6.45, 7) is 2.79. The highest BCUT2D eigenvalue weighted by Crippen LogP contribution is 2.36. The Kier molecular flexibility index (Phi) is 6.44. The summed E-state index contributed by atoms with van der Waals surface area (Å²) < 4.78 is 6.18. The fraction of sp³-hybridized carbons (Fsp3) is 0.765. The van der Waals surface area contributed by atoms with Gasteiger partial charge in [-0.2, -0.15) is 0 Å². The topological polar surface area (TPSA) is 125 Å². The number of aromatic nitrogens is 2. The van der Waals surface area contributed by atoms with Gasteiger partial charge in [-0.05, 0) is 26.7 Å². The zero-order chi connectivity index (χ0) is 19.3. The van der Waals surface area contributed by atoms with E-state index in [1.807, 2.05) is 0 Å². The first-order valence-corrected chi connectivity index (χ1v) is 8.95. The molecule has 0 amide bonds. The van der Waals surface area contributed by atoms with Gasteiger partial charge in [0.2, 0.25) is 5.54 Å². The maximum Gasteiger partial charge on any atom is 0.441 e. The van der Waals surface area contributed by atoms with Gasteiger partial charge < -0.3 is 9.59 Å². The zero-order valence-electron chi connectivity index (χ0n) is 15.2. The van der Waals surface area contributed by atoms with Gasteiger partial charge in [-0.25, -0.2) is 4.79 Å². The van der Waals surface area contributed by atoms with Crippen LogP contribution >= 0.6 is 0 Å². The molecule has 9 nitrogen and oxygen atoms in total. The Hall–Kier alpha value is -2.32. The predicted octanol–water partition coefficient (Wildman–Crippen LogP) is 2.25. The minimum absolute atomic E-state index is 0.0501. The number of rotatable bonds is 9. The van der Waals surface area contributed by atoms with Crippen LogP contribution in [0, 0.1) is 10.1 Å². The molecule has 1 aromatic rings. The first kappa shape index (κ1) is 20.0. The summed E-state index contributed by atoms with van der Waals surface area (Å²) in [5.41, 5.74) is -1.43. The molecule has 1 aliphatic heterocycles. The smallest absolute Gasteiger partial charge is 0.300 e. The molecule has 2 heterocycles. The molecule has 1 aliphatic rings. The second kappa shape index (κ2) is 8.37. The van der Waals surface area contributed by atoms with Crippen LogP contribution in [0.2, 0.25) is 0 Å². The van der Waals surface area contributed by atoms with E-state index in [1.165, 1.54) is 18.4 Å². The van der Waals surface area contributed by atoms with Gasteiger partial charge in [0.1, 0.15) is 11.6 Å². The maximum absolute atomic E-state index is 12.1. The number of ketones is 2. The molecule has 0 spiro atoms. The zero-order valence-corrected chi connectivity index (χ0v) is 15.2. The number of nitro groups is 1. The summed E-state index contributed by atoms with van der Waals surface area (Å²) in [5, 5.41) is 15.8. The van der Waals surface area contributed by atoms with Crippen LogP contribution in [-0.2, 0) is 16.0 Å². The van der Waals surface area contributed by atoms with Crippen molar-refractivity contribution in [3.05, 3.63) is 26.5 Å². The van der Waals surface area contributed by atoms with E-state index in [2.05, 4.69) is 5.16 Å². The molecule has 0 aliphatic carbocycles. The third-order valence-electron chi connectivity index (χ3n) is 5.14. The van der Waals surface area contributed by atoms with E-state index in [9.17, 15) is 24.5 Å². The molecule has 0 fully saturated rings. The van der Waals surface area contributed by atoms with Gasteiger partial charge in [-0.1, -0.05) is 11.6 Å². The Bertz CT molecular complexity index is 717. The van der Waals surface area contributed by atoms with Crippen LogP contribution in [0.3, 0.4) is 0 Å². The van der Waals surface area contributed by atoms with Crippen LogP contribution < -0.4 is 5.76 Å². The Balaban J connectivity index is 2.36. The average Bonchev–Trinajstić information content (AvgIpc) is 2.81. The molecular weight excluding hydrogens is 342 g/mol. The van der Waals surface area contributed by atoms with Crippen molar-refractivity contribution >= 4 is 11.6 Å². The van der Waals surface area contributed by atoms with E-state index >= 15 is 0 Å². The first-order valence-electron chi connectivity index (χ1n) is 8.95. The third-order valence-corrected chi connectivity index (χ3v) is 5.14. The van der Waals surface area contributed by atoms with Crippen molar-refractivity contribution in [1.29, 1.82) is 0 Å². The van der Waals surface area contributed by atoms with Gasteiger partial charge >= 0.3 is 5.76 Å². The van der Waals surface area contributed by atoms with Crippen LogP contribution in [0.25, 0.3) is 0 Å². The highest BCUT2D eigenvalue weighted by Gasteiger charge is 2.45. The lowest BCUT2D eigenvalue weighted by molar-refractivity contribution is -0.575. The van der Waals surface area contributed by atoms with Gasteiger partial charge in [0.25, 0.3) is 0 Å². The second-order valence-corrected chi connectivity index (χ2v) is 7.22. The van der Waals surface area contributed by atoms with E-state index in [0.29, 0.717) is 18.7 Å². The second-order valence-electron chi connectivity index (χ2n) is 7.22. The SMILES string of the molecule is CC(=O)CCC(CCC(C)=O)(CC1CCCCc2noc(=O)n21)[N+](=O)[O-]. The van der Waals surface area contributed by atoms with E-state index in [4.69, 9.17) is 4.52 Å². The monoisotopic (exact) mass is 367 g/mol. The van der Waals surface area contributed by atoms with Crippen molar-refractivity contribution < 1.29 is 19.0 Å². The van der Waals surface area contributed by atoms with E-state index in [1.54, 1.807) is 0 Å². The first-order chi connectivity index (χ1) is 12.2. The molecule has 2 rings (SSSR count). The maximum atomic E-state index is 12.1. The van der Waals surface area contributed by atoms with Crippen LogP contribution in [0.1, 0.15) is 77.1 Å². The summed E-state index contributed by atoms with van der Waals surface area (Å²) in [4.78, 5) is 46.6. The summed E-state index contributed by atoms with van der Waals surface area (Å²) in [6, 6.07) is -0.421. The number of aryl methyl sites for hydroxylation is 1. The lowest BCUT2D eigenvalue weighted by Crippen LogP contribution is -2.42. The van der Waals surface area contributed by atoms with E-state index in [-0.39, 0.29) is 48.6 Å². The Morgan fingerprint density at radius 2 is 1.88 bits per heavy atom. The fourth-order valence-electron chi connectivity index (χ4n) is 3.64. The highest BCUT2D eigenvalue weighted by molar-refractivity contribution is 5.76. The predicted molar refractivity (Wildman–Crippen MR) is 91.5 cm³/mol. The molecule has 9 heteroatoms. The summed E-state index contributed by atoms with van der Waals surface area (Å²) >= 11 is 0. The van der Waals surface area contributed by atoms with Gasteiger partial charge in [0, 0.05) is 49.5 Å². The van der Waals surface area contributed by atoms with Crippen molar-refractivity contribution in [2.75, 3.05) is 0 Å². The van der Waals surface area contributed by atoms with Crippen LogP contribution in [0.15, 0.2) is 9.32 Å². The normalized spacial score (nSPS) is 17.4. The molecule has 0 saturated heterocycles. The Labute approximate surface area is 150 Å². The van der Waals surface area contributed by atoms with Crippen molar-refractivity contribution in [1.82, 2.24) is 9.72 Å². The molecule has 26 heavy (non-hydrogen) atoms. The number of fused-ring (bicyclic) bond motifs is 1. The van der Waals surface area contributed by atoms with Crippen molar-refractivity contribution in [2.45, 2.75) is 83.2 Å². The van der Waals surface area contributed by atoms with Gasteiger partial charge in [0.15, 0.2) is 5.82 Å². The summed E-state index contributed by atoms with van der Waals surface area (Å²) in [6.07, 6.45) is 3.15. The third kappa shape index (κ3) is 4.64. The summed E-state index contributed by atoms with van der Waals surface area (Å²) in [5.74, 6) is -0.374. The van der Waals surface area contributed by atoms with E-state index < -0.39 is 17.3 Å². The molecule has 0 N–H and O–H groups in total. The number of nitrogens with zero attached hydrogens (tertiary/aromatic N) is 3. The van der Waals surface area contributed by atoms with Crippen LogP contribution in [0.4, 0.5) is 0 Å². The Morgan fingerprint density at radius 3 is 2.42 bits per heavy atom. The molecule has 1 unspecified atom stereocenters. The molecular formula is C17H25N3O6. The van der Waals surface area contributed by atoms with Gasteiger partial charge in [-0.3, -0.25) is 19.2 Å². The minimum Gasteiger partial charge on any atom is -0.300 e. The van der Waals surface area contributed by atoms with Crippen molar-refractivity contribution in [2.24, 2.45) is 0 Å². The standard InChI is InChI=1S/C17H25N3O6/c1-12(21)7-9-17(20(24)25,10-8-13(2)22)11-14-5-3-4-6-15-18-26-16(23)19(14)15/h14H,3-11H2,1-2H3. The van der Waals surface area contributed by atoms with Gasteiger partial charge in [0.05, 0.1) is 0 Å². The molecule has 1 atom stereocenters. The van der Waals surface area contributed by atoms with Crippen molar-refractivity contribution in [3.63, 3.8) is 0 Å². The lowest BCUT2D eigenvalue weighted by atomic mass is 9.81. The molecule has 0 saturated carbocycles. The lowest BCUT2D eigenvalue weighted by Gasteiger charge is -2.29. The minimum atomic E-state index is -1.43. The highest BCUT2D eigenvalue weighted by atomic mass is 16.6. The number of carbonyl (C=O) groups is 2. The molecule has 144 valence electrons. The van der Waals surface area contributed by atoms with E-state index in [0.717, 1.165) is 12.8 Å². The van der Waals surface area contributed by atoms with Gasteiger partial charge in [-0.15, -0.1) is 0 Å². The summed E-state index contributed by atoms with van der Waals surface area (Å²) in [7, 11) is 0. The number of hydrogen-bond donors (Lipinski definition) is 0. The quantitative estimate of drug-likeness (QED) is 0.484. The number of Topliss-reactive ketones (excluding diaryl/α,β-unsaturated/α-hetero) is 2. The largest absolute Gasteiger partial charge is 0.441 e. The van der Waals surface area contributed by atoms with Crippen molar-refractivity contribution in [3.8, 4) is 0 Å². The molecule has 0 bridgehead atoms. The molecule has 1 aromatic heterocycles.